The maximum absolute atomic E-state index is 13.8. The van der Waals surface area contributed by atoms with Gasteiger partial charge in [0.25, 0.3) is 0 Å². The lowest BCUT2D eigenvalue weighted by Crippen LogP contribution is -2.50. The van der Waals surface area contributed by atoms with Gasteiger partial charge in [0, 0.05) is 36.6 Å². The number of hydrogen-bond acceptors (Lipinski definition) is 6. The van der Waals surface area contributed by atoms with E-state index in [2.05, 4.69) is 27.0 Å². The third kappa shape index (κ3) is 6.15. The summed E-state index contributed by atoms with van der Waals surface area (Å²) >= 11 is 0. The van der Waals surface area contributed by atoms with E-state index in [0.29, 0.717) is 17.0 Å². The average molecular weight is 522 g/mol. The molecule has 198 valence electrons. The lowest BCUT2D eigenvalue weighted by Gasteiger charge is -2.27. The van der Waals surface area contributed by atoms with Gasteiger partial charge in [-0.3, -0.25) is 4.79 Å². The second-order valence-corrected chi connectivity index (χ2v) is 9.79. The molecule has 10 heteroatoms. The first kappa shape index (κ1) is 25.7. The molecule has 0 radical (unpaired) electrons. The Labute approximate surface area is 218 Å². The summed E-state index contributed by atoms with van der Waals surface area (Å²) in [5, 5.41) is 25.6. The minimum absolute atomic E-state index is 0.0445. The Morgan fingerprint density at radius 1 is 1.16 bits per heavy atom. The Kier molecular flexibility index (Phi) is 7.35. The van der Waals surface area contributed by atoms with Crippen molar-refractivity contribution in [3.63, 3.8) is 0 Å². The lowest BCUT2D eigenvalue weighted by atomic mass is 9.99. The van der Waals surface area contributed by atoms with Gasteiger partial charge < -0.3 is 20.3 Å². The molecule has 1 saturated carbocycles. The van der Waals surface area contributed by atoms with Crippen molar-refractivity contribution < 1.29 is 23.2 Å². The smallest absolute Gasteiger partial charge is 0.226 e. The molecule has 2 aromatic carbocycles. The number of carbonyl (C=O) groups is 1. The fourth-order valence-electron chi connectivity index (χ4n) is 4.69. The van der Waals surface area contributed by atoms with Crippen molar-refractivity contribution in [1.82, 2.24) is 25.6 Å². The quantitative estimate of drug-likeness (QED) is 0.280. The molecular weight excluding hydrogens is 492 g/mol. The van der Waals surface area contributed by atoms with Crippen molar-refractivity contribution in [1.29, 1.82) is 0 Å². The minimum Gasteiger partial charge on any atom is -0.390 e. The van der Waals surface area contributed by atoms with E-state index in [0.717, 1.165) is 30.2 Å². The number of hydrogen-bond donors (Lipinski definition) is 3. The van der Waals surface area contributed by atoms with Gasteiger partial charge in [-0.15, -0.1) is 0 Å². The number of halogens is 2. The van der Waals surface area contributed by atoms with Crippen molar-refractivity contribution in [3.8, 4) is 5.69 Å². The molecule has 1 aliphatic carbocycles. The van der Waals surface area contributed by atoms with Crippen LogP contribution in [0.4, 0.5) is 8.78 Å². The summed E-state index contributed by atoms with van der Waals surface area (Å²) in [6, 6.07) is 14.0. The van der Waals surface area contributed by atoms with Gasteiger partial charge >= 0.3 is 0 Å². The minimum atomic E-state index is -1.03. The second-order valence-electron chi connectivity index (χ2n) is 9.79. The summed E-state index contributed by atoms with van der Waals surface area (Å²) in [7, 11) is 0. The number of rotatable bonds is 11. The molecule has 2 atom stereocenters. The molecule has 0 bridgehead atoms. The van der Waals surface area contributed by atoms with Crippen molar-refractivity contribution in [3.05, 3.63) is 101 Å². The van der Waals surface area contributed by atoms with E-state index in [4.69, 9.17) is 4.52 Å². The number of aliphatic hydroxyl groups is 1. The summed E-state index contributed by atoms with van der Waals surface area (Å²) in [6.45, 7) is 1.89. The van der Waals surface area contributed by atoms with Gasteiger partial charge in [-0.25, -0.2) is 13.5 Å². The standard InChI is InChI=1S/C28H29F2N5O3/c1-18-10-23(34-38-18)16-27(37)33-25(13-19-11-21(29)15-22(30)12-19)26(36)17-31-28(6-7-28)20-4-2-5-24(14-20)35-9-3-8-32-35/h2-5,8-12,14-15,25-26,31,36H,6-7,13,16-17H2,1H3,(H,33,37). The molecule has 3 N–H and O–H groups in total. The summed E-state index contributed by atoms with van der Waals surface area (Å²) in [5.74, 6) is -1.24. The summed E-state index contributed by atoms with van der Waals surface area (Å²) < 4.78 is 34.5. The van der Waals surface area contributed by atoms with E-state index in [1.54, 1.807) is 23.9 Å². The topological polar surface area (TPSA) is 105 Å². The van der Waals surface area contributed by atoms with E-state index >= 15 is 0 Å². The highest BCUT2D eigenvalue weighted by Gasteiger charge is 2.44. The van der Waals surface area contributed by atoms with Gasteiger partial charge in [0.2, 0.25) is 5.91 Å². The highest BCUT2D eigenvalue weighted by molar-refractivity contribution is 5.78. The fourth-order valence-corrected chi connectivity index (χ4v) is 4.69. The maximum atomic E-state index is 13.8. The first-order chi connectivity index (χ1) is 18.3. The lowest BCUT2D eigenvalue weighted by molar-refractivity contribution is -0.122. The Morgan fingerprint density at radius 3 is 2.61 bits per heavy atom. The van der Waals surface area contributed by atoms with Crippen LogP contribution in [-0.2, 0) is 23.2 Å². The van der Waals surface area contributed by atoms with Gasteiger partial charge in [-0.1, -0.05) is 17.3 Å². The monoisotopic (exact) mass is 521 g/mol. The highest BCUT2D eigenvalue weighted by Crippen LogP contribution is 2.45. The molecule has 4 aromatic rings. The zero-order chi connectivity index (χ0) is 26.7. The van der Waals surface area contributed by atoms with Gasteiger partial charge in [0.05, 0.1) is 29.9 Å². The third-order valence-corrected chi connectivity index (χ3v) is 6.77. The Hall–Kier alpha value is -3.89. The predicted octanol–water partition coefficient (Wildman–Crippen LogP) is 3.36. The molecule has 5 rings (SSSR count). The first-order valence-corrected chi connectivity index (χ1v) is 12.5. The van der Waals surface area contributed by atoms with Crippen molar-refractivity contribution in [2.24, 2.45) is 0 Å². The number of nitrogens with zero attached hydrogens (tertiary/aromatic N) is 3. The summed E-state index contributed by atoms with van der Waals surface area (Å²) in [6.07, 6.45) is 4.34. The van der Waals surface area contributed by atoms with Crippen LogP contribution in [0.15, 0.2) is 71.5 Å². The van der Waals surface area contributed by atoms with Crippen molar-refractivity contribution >= 4 is 5.91 Å². The van der Waals surface area contributed by atoms with Crippen LogP contribution in [0, 0.1) is 18.6 Å². The van der Waals surface area contributed by atoms with Crippen molar-refractivity contribution in [2.45, 2.75) is 50.3 Å². The number of carbonyl (C=O) groups excluding carboxylic acids is 1. The van der Waals surface area contributed by atoms with Crippen molar-refractivity contribution in [2.75, 3.05) is 6.54 Å². The molecule has 1 aliphatic rings. The summed E-state index contributed by atoms with van der Waals surface area (Å²) in [5.41, 5.74) is 2.49. The second kappa shape index (κ2) is 10.8. The molecule has 0 aliphatic heterocycles. The zero-order valence-electron chi connectivity index (χ0n) is 20.9. The molecule has 1 amide bonds. The molecule has 38 heavy (non-hydrogen) atoms. The number of nitrogens with one attached hydrogen (secondary N) is 2. The number of aliphatic hydroxyl groups excluding tert-OH is 1. The zero-order valence-corrected chi connectivity index (χ0v) is 20.9. The number of aromatic nitrogens is 3. The van der Waals surface area contributed by atoms with Gasteiger partial charge in [0.15, 0.2) is 0 Å². The number of amides is 1. The molecule has 8 nitrogen and oxygen atoms in total. The van der Waals surface area contributed by atoms with Crippen LogP contribution < -0.4 is 10.6 Å². The Balaban J connectivity index is 1.29. The highest BCUT2D eigenvalue weighted by atomic mass is 19.1. The molecular formula is C28H29F2N5O3. The van der Waals surface area contributed by atoms with E-state index in [9.17, 15) is 18.7 Å². The first-order valence-electron chi connectivity index (χ1n) is 12.5. The van der Waals surface area contributed by atoms with Crippen LogP contribution >= 0.6 is 0 Å². The van der Waals surface area contributed by atoms with E-state index in [1.165, 1.54) is 12.1 Å². The van der Waals surface area contributed by atoms with Crippen LogP contribution in [0.2, 0.25) is 0 Å². The molecule has 0 saturated heterocycles. The summed E-state index contributed by atoms with van der Waals surface area (Å²) in [4.78, 5) is 12.8. The van der Waals surface area contributed by atoms with E-state index in [1.807, 2.05) is 30.5 Å². The van der Waals surface area contributed by atoms with Crippen LogP contribution in [0.5, 0.6) is 0 Å². The largest absolute Gasteiger partial charge is 0.390 e. The van der Waals surface area contributed by atoms with E-state index < -0.39 is 23.8 Å². The van der Waals surface area contributed by atoms with E-state index in [-0.39, 0.29) is 30.8 Å². The molecule has 2 unspecified atom stereocenters. The number of benzene rings is 2. The Bertz CT molecular complexity index is 1380. The third-order valence-electron chi connectivity index (χ3n) is 6.77. The van der Waals surface area contributed by atoms with Gasteiger partial charge in [-0.2, -0.15) is 5.10 Å². The van der Waals surface area contributed by atoms with Crippen LogP contribution in [0.3, 0.4) is 0 Å². The maximum Gasteiger partial charge on any atom is 0.226 e. The van der Waals surface area contributed by atoms with Crippen LogP contribution in [0.25, 0.3) is 5.69 Å². The number of aryl methyl sites for hydroxylation is 1. The SMILES string of the molecule is Cc1cc(CC(=O)NC(Cc2cc(F)cc(F)c2)C(O)CNC2(c3cccc(-n4cccn4)c3)CC2)no1. The van der Waals surface area contributed by atoms with Gasteiger partial charge in [-0.05, 0) is 67.6 Å². The average Bonchev–Trinajstić information content (AvgIpc) is 3.25. The Morgan fingerprint density at radius 2 is 1.95 bits per heavy atom. The van der Waals surface area contributed by atoms with Crippen LogP contribution in [0.1, 0.15) is 35.4 Å². The molecule has 0 spiro atoms. The molecule has 1 fully saturated rings. The normalized spacial score (nSPS) is 15.7. The van der Waals surface area contributed by atoms with Gasteiger partial charge in [0.1, 0.15) is 17.4 Å². The fraction of sp³-hybridized carbons (Fsp3) is 0.321. The molecule has 2 aromatic heterocycles. The predicted molar refractivity (Wildman–Crippen MR) is 135 cm³/mol. The van der Waals surface area contributed by atoms with Crippen LogP contribution in [-0.4, -0.2) is 44.6 Å². The molecule has 2 heterocycles.